The molecule has 3 rings (SSSR count). The Morgan fingerprint density at radius 2 is 2.16 bits per heavy atom. The van der Waals surface area contributed by atoms with Gasteiger partial charge in [0.25, 0.3) is 5.91 Å². The number of β-lactam (4-membered cyclic amide) rings is 1. The predicted molar refractivity (Wildman–Crippen MR) is 101 cm³/mol. The van der Waals surface area contributed by atoms with Crippen molar-refractivity contribution in [1.82, 2.24) is 30.4 Å². The van der Waals surface area contributed by atoms with Gasteiger partial charge in [0.15, 0.2) is 9.84 Å². The van der Waals surface area contributed by atoms with E-state index >= 15 is 0 Å². The van der Waals surface area contributed by atoms with Crippen LogP contribution in [0.2, 0.25) is 0 Å². The summed E-state index contributed by atoms with van der Waals surface area (Å²) < 4.78 is 24.6. The van der Waals surface area contributed by atoms with Gasteiger partial charge < -0.3 is 15.2 Å². The molecule has 31 heavy (non-hydrogen) atoms. The standard InChI is InChI=1S/C14H15N7O6S3.Na/c1-20-14(17-18-19-20)29-5-7-4-28-12-9(11(23)21(12)10(7)13(24)25)16-8(22)6-30(26,27)3-2-15;/h9,12H,3-6H2,1H3,(H,16,22)(H,24,25);/q;+1/p-1. The van der Waals surface area contributed by atoms with E-state index in [0.717, 1.165) is 4.90 Å². The summed E-state index contributed by atoms with van der Waals surface area (Å²) in [5.74, 6) is -4.41. The topological polar surface area (TPSA) is 191 Å². The fourth-order valence-corrected chi connectivity index (χ4v) is 5.96. The Bertz CT molecular complexity index is 1080. The molecule has 0 spiro atoms. The van der Waals surface area contributed by atoms with Gasteiger partial charge in [-0.15, -0.1) is 16.9 Å². The maximum atomic E-state index is 12.5. The van der Waals surface area contributed by atoms with Gasteiger partial charge in [0.2, 0.25) is 11.1 Å². The van der Waals surface area contributed by atoms with E-state index in [2.05, 4.69) is 20.8 Å². The van der Waals surface area contributed by atoms with E-state index in [1.807, 2.05) is 0 Å². The van der Waals surface area contributed by atoms with Gasteiger partial charge in [0, 0.05) is 18.6 Å². The van der Waals surface area contributed by atoms with Gasteiger partial charge in [-0.25, -0.2) is 13.1 Å². The number of carbonyl (C=O) groups is 3. The molecule has 17 heteroatoms. The van der Waals surface area contributed by atoms with E-state index in [1.54, 1.807) is 7.05 Å². The molecule has 0 radical (unpaired) electrons. The maximum absolute atomic E-state index is 12.5. The second kappa shape index (κ2) is 10.3. The quantitative estimate of drug-likeness (QED) is 0.204. The SMILES string of the molecule is Cn1nnnc1SCC1=C(C(=O)[O-])N2C(=O)C(NC(=O)CS(=O)(=O)CC#N)C2SC1.[Na+]. The first-order valence-corrected chi connectivity index (χ1v) is 12.1. The van der Waals surface area contributed by atoms with Crippen LogP contribution in [0.3, 0.4) is 0 Å². The van der Waals surface area contributed by atoms with Crippen LogP contribution in [0.5, 0.6) is 0 Å². The number of hydrogen-bond donors (Lipinski definition) is 1. The zero-order valence-electron chi connectivity index (χ0n) is 16.3. The van der Waals surface area contributed by atoms with Crippen LogP contribution in [0.25, 0.3) is 0 Å². The minimum Gasteiger partial charge on any atom is -0.543 e. The zero-order valence-corrected chi connectivity index (χ0v) is 20.8. The van der Waals surface area contributed by atoms with E-state index in [4.69, 9.17) is 5.26 Å². The molecule has 160 valence electrons. The molecule has 2 aliphatic rings. The number of thioether (sulfide) groups is 2. The summed E-state index contributed by atoms with van der Waals surface area (Å²) in [6, 6.07) is 0.392. The molecule has 2 atom stereocenters. The van der Waals surface area contributed by atoms with Crippen molar-refractivity contribution in [2.45, 2.75) is 16.6 Å². The number of tetrazole rings is 1. The Morgan fingerprint density at radius 1 is 1.45 bits per heavy atom. The van der Waals surface area contributed by atoms with E-state index in [0.29, 0.717) is 10.7 Å². The van der Waals surface area contributed by atoms with Crippen molar-refractivity contribution in [1.29, 1.82) is 5.26 Å². The molecule has 1 aromatic rings. The second-order valence-electron chi connectivity index (χ2n) is 6.26. The third kappa shape index (κ3) is 5.59. The Labute approximate surface area is 207 Å². The fraction of sp³-hybridized carbons (Fsp3) is 0.500. The summed E-state index contributed by atoms with van der Waals surface area (Å²) in [7, 11) is -2.28. The molecule has 2 amide bonds. The number of nitrogens with one attached hydrogen (secondary N) is 1. The second-order valence-corrected chi connectivity index (χ2v) is 10.4. The summed E-state index contributed by atoms with van der Waals surface area (Å²) in [5, 5.41) is 33.2. The number of carboxylic acids is 1. The summed E-state index contributed by atoms with van der Waals surface area (Å²) in [6.45, 7) is 0. The summed E-state index contributed by atoms with van der Waals surface area (Å²) >= 11 is 2.43. The number of sulfone groups is 1. The number of hydrogen-bond acceptors (Lipinski definition) is 12. The largest absolute Gasteiger partial charge is 1.00 e. The van der Waals surface area contributed by atoms with Crippen molar-refractivity contribution in [2.24, 2.45) is 7.05 Å². The molecule has 1 saturated heterocycles. The smallest absolute Gasteiger partial charge is 0.543 e. The number of amides is 2. The van der Waals surface area contributed by atoms with Crippen LogP contribution >= 0.6 is 23.5 Å². The maximum Gasteiger partial charge on any atom is 1.00 e. The molecule has 0 aromatic carbocycles. The summed E-state index contributed by atoms with van der Waals surface area (Å²) in [5.41, 5.74) is 0.174. The van der Waals surface area contributed by atoms with Crippen molar-refractivity contribution >= 4 is 51.1 Å². The first-order valence-electron chi connectivity index (χ1n) is 8.24. The van der Waals surface area contributed by atoms with E-state index in [9.17, 15) is 27.9 Å². The molecule has 1 fully saturated rings. The average Bonchev–Trinajstić information content (AvgIpc) is 3.07. The molecule has 0 bridgehead atoms. The minimum atomic E-state index is -3.91. The Morgan fingerprint density at radius 3 is 2.74 bits per heavy atom. The van der Waals surface area contributed by atoms with Gasteiger partial charge in [-0.05, 0) is 16.0 Å². The van der Waals surface area contributed by atoms with Crippen LogP contribution in [-0.2, 0) is 31.3 Å². The number of aliphatic carboxylic acids is 1. The summed E-state index contributed by atoms with van der Waals surface area (Å²) in [4.78, 5) is 37.2. The third-order valence-corrected chi connectivity index (χ3v) is 7.86. The third-order valence-electron chi connectivity index (χ3n) is 4.15. The normalized spacial score (nSPS) is 20.3. The number of aromatic nitrogens is 4. The Hall–Kier alpha value is -1.64. The van der Waals surface area contributed by atoms with Gasteiger partial charge in [0.1, 0.15) is 22.9 Å². The van der Waals surface area contributed by atoms with Crippen molar-refractivity contribution in [3.8, 4) is 6.07 Å². The number of fused-ring (bicyclic) bond motifs is 1. The number of nitriles is 1. The predicted octanol–water partition coefficient (Wildman–Crippen LogP) is -6.35. The fourth-order valence-electron chi connectivity index (χ4n) is 2.84. The van der Waals surface area contributed by atoms with Crippen LogP contribution in [0.4, 0.5) is 0 Å². The first kappa shape index (κ1) is 25.6. The van der Waals surface area contributed by atoms with Gasteiger partial charge in [-0.1, -0.05) is 11.8 Å². The Balaban J connectivity index is 0.00000341. The van der Waals surface area contributed by atoms with Crippen LogP contribution in [0.15, 0.2) is 16.4 Å². The number of nitrogens with zero attached hydrogens (tertiary/aromatic N) is 6. The van der Waals surface area contributed by atoms with Gasteiger partial charge >= 0.3 is 29.6 Å². The molecular weight excluding hydrogens is 481 g/mol. The zero-order chi connectivity index (χ0) is 22.1. The molecule has 0 saturated carbocycles. The Kier molecular flexibility index (Phi) is 8.53. The monoisotopic (exact) mass is 495 g/mol. The molecule has 1 aromatic heterocycles. The molecule has 13 nitrogen and oxygen atoms in total. The average molecular weight is 496 g/mol. The molecule has 2 aliphatic heterocycles. The van der Waals surface area contributed by atoms with Gasteiger partial charge in [-0.3, -0.25) is 14.5 Å². The van der Waals surface area contributed by atoms with Crippen molar-refractivity contribution in [3.63, 3.8) is 0 Å². The van der Waals surface area contributed by atoms with E-state index in [1.165, 1.54) is 34.3 Å². The summed E-state index contributed by atoms with van der Waals surface area (Å²) in [6.07, 6.45) is 0. The number of aryl methyl sites for hydroxylation is 1. The van der Waals surface area contributed by atoms with Gasteiger partial charge in [-0.2, -0.15) is 5.26 Å². The molecule has 0 aliphatic carbocycles. The van der Waals surface area contributed by atoms with E-state index < -0.39 is 50.5 Å². The van der Waals surface area contributed by atoms with Gasteiger partial charge in [0.05, 0.1) is 17.7 Å². The number of rotatable bonds is 8. The number of carboxylic acid groups (broad SMARTS) is 1. The van der Waals surface area contributed by atoms with Crippen molar-refractivity contribution in [2.75, 3.05) is 23.0 Å². The van der Waals surface area contributed by atoms with Crippen LogP contribution < -0.4 is 40.0 Å². The minimum absolute atomic E-state index is 0. The number of carbonyl (C=O) groups excluding carboxylic acids is 3. The van der Waals surface area contributed by atoms with E-state index in [-0.39, 0.29) is 46.8 Å². The molecule has 2 unspecified atom stereocenters. The van der Waals surface area contributed by atoms with Crippen LogP contribution in [-0.4, -0.2) is 85.7 Å². The molecular formula is C14H14N7NaO6S3. The first-order chi connectivity index (χ1) is 14.1. The van der Waals surface area contributed by atoms with Crippen LogP contribution in [0.1, 0.15) is 0 Å². The molecule has 1 N–H and O–H groups in total. The molecule has 3 heterocycles. The van der Waals surface area contributed by atoms with Crippen LogP contribution in [0, 0.1) is 11.3 Å². The van der Waals surface area contributed by atoms with Crippen molar-refractivity contribution < 1.29 is 57.5 Å². The van der Waals surface area contributed by atoms with Crippen molar-refractivity contribution in [3.05, 3.63) is 11.3 Å².